The van der Waals surface area contributed by atoms with Crippen LogP contribution in [0.15, 0.2) is 35.9 Å². The molecule has 0 aromatic heterocycles. The molecule has 24 heavy (non-hydrogen) atoms. The highest BCUT2D eigenvalue weighted by Crippen LogP contribution is 2.21. The topological polar surface area (TPSA) is 46.6 Å². The molecule has 0 N–H and O–H groups in total. The Kier molecular flexibility index (Phi) is 7.04. The number of nitrogens with zero attached hydrogens (tertiary/aromatic N) is 1. The first-order valence-electron chi connectivity index (χ1n) is 8.71. The molecule has 0 saturated carbocycles. The number of hydrogen-bond donors (Lipinski definition) is 0. The van der Waals surface area contributed by atoms with Gasteiger partial charge < -0.3 is 9.64 Å². The number of allylic oxidation sites excluding steroid dienone is 1. The average molecular weight is 329 g/mol. The molecular weight excluding hydrogens is 302 g/mol. The van der Waals surface area contributed by atoms with Gasteiger partial charge in [0.05, 0.1) is 13.5 Å². The van der Waals surface area contributed by atoms with Crippen LogP contribution in [0.2, 0.25) is 0 Å². The number of carbonyl (C=O) groups excluding carboxylic acids is 2. The maximum Gasteiger partial charge on any atom is 0.307 e. The molecule has 0 unspecified atom stereocenters. The summed E-state index contributed by atoms with van der Waals surface area (Å²) in [6.07, 6.45) is 8.19. The van der Waals surface area contributed by atoms with E-state index in [4.69, 9.17) is 4.74 Å². The van der Waals surface area contributed by atoms with Gasteiger partial charge in [0, 0.05) is 18.7 Å². The molecule has 1 aliphatic rings. The second-order valence-corrected chi connectivity index (χ2v) is 6.34. The highest BCUT2D eigenvalue weighted by Gasteiger charge is 2.18. The summed E-state index contributed by atoms with van der Waals surface area (Å²) in [6.45, 7) is 3.04. The Bertz CT molecular complexity index is 589. The number of esters is 1. The van der Waals surface area contributed by atoms with E-state index in [9.17, 15) is 9.59 Å². The van der Waals surface area contributed by atoms with E-state index in [1.807, 2.05) is 31.2 Å². The van der Waals surface area contributed by atoms with Gasteiger partial charge in [-0.3, -0.25) is 9.59 Å². The monoisotopic (exact) mass is 329 g/mol. The molecule has 1 aliphatic carbocycles. The van der Waals surface area contributed by atoms with E-state index in [0.717, 1.165) is 24.8 Å². The van der Waals surface area contributed by atoms with E-state index >= 15 is 0 Å². The Hall–Kier alpha value is -2.10. The number of ether oxygens (including phenoxy) is 1. The van der Waals surface area contributed by atoms with Gasteiger partial charge in [-0.05, 0) is 51.2 Å². The third-order valence-corrected chi connectivity index (χ3v) is 4.49. The number of hydrogen-bond acceptors (Lipinski definition) is 3. The minimum Gasteiger partial charge on any atom is -0.469 e. The summed E-state index contributed by atoms with van der Waals surface area (Å²) < 4.78 is 4.71. The zero-order valence-electron chi connectivity index (χ0n) is 14.7. The fraction of sp³-hybridized carbons (Fsp3) is 0.500. The van der Waals surface area contributed by atoms with Gasteiger partial charge >= 0.3 is 5.97 Å². The summed E-state index contributed by atoms with van der Waals surface area (Å²) >= 11 is 0. The molecule has 2 rings (SSSR count). The molecule has 0 radical (unpaired) electrons. The Morgan fingerprint density at radius 2 is 1.88 bits per heavy atom. The van der Waals surface area contributed by atoms with Crippen molar-refractivity contribution >= 4 is 11.9 Å². The predicted octanol–water partition coefficient (Wildman–Crippen LogP) is 3.89. The second kappa shape index (κ2) is 9.26. The molecule has 130 valence electrons. The lowest BCUT2D eigenvalue weighted by Crippen LogP contribution is -2.34. The van der Waals surface area contributed by atoms with Crippen LogP contribution in [0.3, 0.4) is 0 Å². The number of amides is 1. The molecule has 0 fully saturated rings. The van der Waals surface area contributed by atoms with Crippen molar-refractivity contribution in [2.24, 2.45) is 0 Å². The zero-order valence-corrected chi connectivity index (χ0v) is 14.7. The minimum absolute atomic E-state index is 0.0182. The second-order valence-electron chi connectivity index (χ2n) is 6.34. The van der Waals surface area contributed by atoms with Gasteiger partial charge in [-0.2, -0.15) is 0 Å². The minimum atomic E-state index is -0.284. The molecule has 1 amide bonds. The maximum absolute atomic E-state index is 12.8. The molecule has 1 aromatic carbocycles. The van der Waals surface area contributed by atoms with Crippen LogP contribution >= 0.6 is 0 Å². The van der Waals surface area contributed by atoms with Crippen molar-refractivity contribution in [3.8, 4) is 0 Å². The SMILES string of the molecule is COC(=O)CCN(CCC1=CCCCC1)C(=O)c1ccc(C)cc1. The van der Waals surface area contributed by atoms with E-state index < -0.39 is 0 Å². The van der Waals surface area contributed by atoms with Crippen molar-refractivity contribution < 1.29 is 14.3 Å². The largest absolute Gasteiger partial charge is 0.469 e. The average Bonchev–Trinajstić information content (AvgIpc) is 2.62. The van der Waals surface area contributed by atoms with Gasteiger partial charge in [0.25, 0.3) is 5.91 Å². The highest BCUT2D eigenvalue weighted by molar-refractivity contribution is 5.94. The number of methoxy groups -OCH3 is 1. The van der Waals surface area contributed by atoms with Gasteiger partial charge in [0.1, 0.15) is 0 Å². The molecule has 4 nitrogen and oxygen atoms in total. The van der Waals surface area contributed by atoms with Gasteiger partial charge in [0.15, 0.2) is 0 Å². The van der Waals surface area contributed by atoms with Gasteiger partial charge in [-0.1, -0.05) is 29.3 Å². The van der Waals surface area contributed by atoms with Crippen LogP contribution in [-0.2, 0) is 9.53 Å². The third-order valence-electron chi connectivity index (χ3n) is 4.49. The molecule has 0 atom stereocenters. The Morgan fingerprint density at radius 3 is 2.50 bits per heavy atom. The van der Waals surface area contributed by atoms with Crippen LogP contribution in [0.25, 0.3) is 0 Å². The third kappa shape index (κ3) is 5.52. The Balaban J connectivity index is 2.02. The van der Waals surface area contributed by atoms with Crippen LogP contribution in [0.4, 0.5) is 0 Å². The fourth-order valence-electron chi connectivity index (χ4n) is 2.93. The Morgan fingerprint density at radius 1 is 1.12 bits per heavy atom. The normalized spacial score (nSPS) is 14.0. The summed E-state index contributed by atoms with van der Waals surface area (Å²) in [7, 11) is 1.38. The summed E-state index contributed by atoms with van der Waals surface area (Å²) in [6, 6.07) is 7.58. The molecular formula is C20H27NO3. The summed E-state index contributed by atoms with van der Waals surface area (Å²) in [5.74, 6) is -0.302. The highest BCUT2D eigenvalue weighted by atomic mass is 16.5. The van der Waals surface area contributed by atoms with Crippen LogP contribution in [0, 0.1) is 6.92 Å². The van der Waals surface area contributed by atoms with Crippen LogP contribution in [-0.4, -0.2) is 37.0 Å². The number of benzene rings is 1. The molecule has 0 bridgehead atoms. The summed E-state index contributed by atoms with van der Waals surface area (Å²) in [5, 5.41) is 0. The van der Waals surface area contributed by atoms with Gasteiger partial charge in [0.2, 0.25) is 0 Å². The smallest absolute Gasteiger partial charge is 0.307 e. The number of rotatable bonds is 7. The maximum atomic E-state index is 12.8. The fourth-order valence-corrected chi connectivity index (χ4v) is 2.93. The molecule has 1 aromatic rings. The molecule has 0 saturated heterocycles. The molecule has 0 spiro atoms. The Labute approximate surface area is 144 Å². The lowest BCUT2D eigenvalue weighted by molar-refractivity contribution is -0.140. The first kappa shape index (κ1) is 18.2. The first-order chi connectivity index (χ1) is 11.6. The molecule has 4 heteroatoms. The first-order valence-corrected chi connectivity index (χ1v) is 8.71. The van der Waals surface area contributed by atoms with E-state index in [1.54, 1.807) is 4.90 Å². The van der Waals surface area contributed by atoms with E-state index in [1.165, 1.54) is 25.5 Å². The molecule has 0 heterocycles. The van der Waals surface area contributed by atoms with Crippen molar-refractivity contribution in [1.29, 1.82) is 0 Å². The van der Waals surface area contributed by atoms with Crippen LogP contribution in [0.5, 0.6) is 0 Å². The lowest BCUT2D eigenvalue weighted by atomic mass is 9.97. The quantitative estimate of drug-likeness (QED) is 0.563. The van der Waals surface area contributed by atoms with Crippen molar-refractivity contribution in [3.63, 3.8) is 0 Å². The number of aryl methyl sites for hydroxylation is 1. The van der Waals surface area contributed by atoms with Crippen LogP contribution < -0.4 is 0 Å². The van der Waals surface area contributed by atoms with Crippen molar-refractivity contribution in [2.45, 2.75) is 45.4 Å². The zero-order chi connectivity index (χ0) is 17.4. The van der Waals surface area contributed by atoms with Gasteiger partial charge in [-0.25, -0.2) is 0 Å². The van der Waals surface area contributed by atoms with E-state index in [-0.39, 0.29) is 18.3 Å². The van der Waals surface area contributed by atoms with E-state index in [2.05, 4.69) is 6.08 Å². The van der Waals surface area contributed by atoms with Gasteiger partial charge in [-0.15, -0.1) is 0 Å². The predicted molar refractivity (Wildman–Crippen MR) is 94.9 cm³/mol. The molecule has 0 aliphatic heterocycles. The number of carbonyl (C=O) groups is 2. The summed E-state index contributed by atoms with van der Waals surface area (Å²) in [5.41, 5.74) is 3.23. The van der Waals surface area contributed by atoms with Crippen molar-refractivity contribution in [3.05, 3.63) is 47.0 Å². The van der Waals surface area contributed by atoms with E-state index in [0.29, 0.717) is 18.7 Å². The van der Waals surface area contributed by atoms with Crippen molar-refractivity contribution in [1.82, 2.24) is 4.90 Å². The lowest BCUT2D eigenvalue weighted by Gasteiger charge is -2.24. The van der Waals surface area contributed by atoms with Crippen molar-refractivity contribution in [2.75, 3.05) is 20.2 Å². The van der Waals surface area contributed by atoms with Crippen LogP contribution in [0.1, 0.15) is 54.4 Å². The summed E-state index contributed by atoms with van der Waals surface area (Å²) in [4.78, 5) is 26.0. The standard InChI is InChI=1S/C20H27NO3/c1-16-8-10-18(11-9-16)20(23)21(15-13-19(22)24-2)14-12-17-6-4-3-5-7-17/h6,8-11H,3-5,7,12-15H2,1-2H3.